The highest BCUT2D eigenvalue weighted by Crippen LogP contribution is 2.33. The summed E-state index contributed by atoms with van der Waals surface area (Å²) >= 11 is 0. The minimum Gasteiger partial charge on any atom is -0.467 e. The van der Waals surface area contributed by atoms with Crippen LogP contribution in [0.3, 0.4) is 0 Å². The Hall–Kier alpha value is -4.02. The van der Waals surface area contributed by atoms with Gasteiger partial charge in [0.1, 0.15) is 12.3 Å². The van der Waals surface area contributed by atoms with E-state index in [1.54, 1.807) is 22.1 Å². The molecule has 3 heterocycles. The number of carbonyl (C=O) groups excluding carboxylic acids is 2. The Labute approximate surface area is 240 Å². The van der Waals surface area contributed by atoms with Crippen molar-refractivity contribution in [3.8, 4) is 11.5 Å². The molecule has 0 radical (unpaired) electrons. The number of ether oxygens (including phenoxy) is 3. The standard InChI is InChI=1S/C31H38N4O6/c1-23-6-3-8-27(24(23)2)32-31(37)34(12-5-11-33-13-16-38-17-14-33)21-30(36)35(20-26-7-4-15-39-26)19-25-9-10-28-29(18-25)41-22-40-28/h3-4,6-10,15,18H,5,11-14,16-17,19-22H2,1-2H3,(H,32,37). The molecule has 218 valence electrons. The summed E-state index contributed by atoms with van der Waals surface area (Å²) in [4.78, 5) is 33.1. The average Bonchev–Trinajstić information content (AvgIpc) is 3.67. The number of nitrogens with zero attached hydrogens (tertiary/aromatic N) is 3. The molecular weight excluding hydrogens is 524 g/mol. The highest BCUT2D eigenvalue weighted by Gasteiger charge is 2.24. The molecule has 0 bridgehead atoms. The minimum atomic E-state index is -0.296. The molecule has 0 atom stereocenters. The summed E-state index contributed by atoms with van der Waals surface area (Å²) in [7, 11) is 0. The van der Waals surface area contributed by atoms with Gasteiger partial charge in [-0.2, -0.15) is 0 Å². The lowest BCUT2D eigenvalue weighted by molar-refractivity contribution is -0.133. The van der Waals surface area contributed by atoms with Gasteiger partial charge in [-0.25, -0.2) is 4.79 Å². The van der Waals surface area contributed by atoms with Crippen LogP contribution in [0.4, 0.5) is 10.5 Å². The van der Waals surface area contributed by atoms with E-state index in [0.29, 0.717) is 30.3 Å². The second-order valence-corrected chi connectivity index (χ2v) is 10.4. The third-order valence-corrected chi connectivity index (χ3v) is 7.56. The Balaban J connectivity index is 1.31. The predicted molar refractivity (Wildman–Crippen MR) is 154 cm³/mol. The van der Waals surface area contributed by atoms with Crippen LogP contribution in [0.15, 0.2) is 59.2 Å². The van der Waals surface area contributed by atoms with Gasteiger partial charge in [-0.05, 0) is 67.3 Å². The summed E-state index contributed by atoms with van der Waals surface area (Å²) in [6.45, 7) is 9.18. The fourth-order valence-corrected chi connectivity index (χ4v) is 4.99. The van der Waals surface area contributed by atoms with Crippen LogP contribution in [-0.4, -0.2) is 79.4 Å². The molecule has 1 fully saturated rings. The first-order valence-corrected chi connectivity index (χ1v) is 14.1. The molecule has 3 amide bonds. The topological polar surface area (TPSA) is 96.7 Å². The molecule has 1 N–H and O–H groups in total. The van der Waals surface area contributed by atoms with E-state index in [-0.39, 0.29) is 31.8 Å². The Bertz CT molecular complexity index is 1320. The van der Waals surface area contributed by atoms with Gasteiger partial charge in [0.05, 0.1) is 26.0 Å². The van der Waals surface area contributed by atoms with Gasteiger partial charge in [0.15, 0.2) is 11.5 Å². The first kappa shape index (κ1) is 28.5. The van der Waals surface area contributed by atoms with Gasteiger partial charge in [-0.15, -0.1) is 0 Å². The van der Waals surface area contributed by atoms with Crippen molar-refractivity contribution >= 4 is 17.6 Å². The number of rotatable bonds is 11. The molecule has 10 heteroatoms. The maximum Gasteiger partial charge on any atom is 0.322 e. The minimum absolute atomic E-state index is 0.0644. The van der Waals surface area contributed by atoms with E-state index in [2.05, 4.69) is 10.2 Å². The van der Waals surface area contributed by atoms with Gasteiger partial charge < -0.3 is 33.7 Å². The third-order valence-electron chi connectivity index (χ3n) is 7.56. The fraction of sp³-hybridized carbons (Fsp3) is 0.419. The zero-order valence-corrected chi connectivity index (χ0v) is 23.8. The van der Waals surface area contributed by atoms with Gasteiger partial charge in [0.2, 0.25) is 12.7 Å². The summed E-state index contributed by atoms with van der Waals surface area (Å²) in [5.74, 6) is 1.83. The van der Waals surface area contributed by atoms with Crippen LogP contribution >= 0.6 is 0 Å². The lowest BCUT2D eigenvalue weighted by Gasteiger charge is -2.30. The van der Waals surface area contributed by atoms with Gasteiger partial charge in [-0.3, -0.25) is 9.69 Å². The fourth-order valence-electron chi connectivity index (χ4n) is 4.99. The third kappa shape index (κ3) is 7.59. The van der Waals surface area contributed by atoms with Crippen molar-refractivity contribution in [2.24, 2.45) is 0 Å². The van der Waals surface area contributed by atoms with Gasteiger partial charge in [-0.1, -0.05) is 18.2 Å². The molecule has 0 unspecified atom stereocenters. The molecule has 10 nitrogen and oxygen atoms in total. The van der Waals surface area contributed by atoms with Crippen molar-refractivity contribution < 1.29 is 28.2 Å². The van der Waals surface area contributed by atoms with Crippen LogP contribution < -0.4 is 14.8 Å². The number of aryl methyl sites for hydroxylation is 1. The molecule has 1 saturated heterocycles. The normalized spacial score (nSPS) is 14.6. The Kier molecular flexibility index (Phi) is 9.43. The van der Waals surface area contributed by atoms with Crippen molar-refractivity contribution in [2.45, 2.75) is 33.4 Å². The van der Waals surface area contributed by atoms with Crippen molar-refractivity contribution in [1.29, 1.82) is 0 Å². The van der Waals surface area contributed by atoms with E-state index >= 15 is 0 Å². The number of anilines is 1. The molecule has 0 spiro atoms. The van der Waals surface area contributed by atoms with Crippen molar-refractivity contribution in [3.05, 3.63) is 77.2 Å². The predicted octanol–water partition coefficient (Wildman–Crippen LogP) is 4.41. The van der Waals surface area contributed by atoms with Crippen molar-refractivity contribution in [1.82, 2.24) is 14.7 Å². The Morgan fingerprint density at radius 3 is 2.59 bits per heavy atom. The number of furan rings is 1. The number of fused-ring (bicyclic) bond motifs is 1. The Morgan fingerprint density at radius 1 is 0.951 bits per heavy atom. The number of amides is 3. The van der Waals surface area contributed by atoms with Crippen molar-refractivity contribution in [3.63, 3.8) is 0 Å². The highest BCUT2D eigenvalue weighted by molar-refractivity contribution is 5.93. The number of hydrogen-bond acceptors (Lipinski definition) is 7. The average molecular weight is 563 g/mol. The second-order valence-electron chi connectivity index (χ2n) is 10.4. The number of hydrogen-bond donors (Lipinski definition) is 1. The summed E-state index contributed by atoms with van der Waals surface area (Å²) < 4.78 is 22.0. The van der Waals surface area contributed by atoms with Gasteiger partial charge in [0.25, 0.3) is 0 Å². The smallest absolute Gasteiger partial charge is 0.322 e. The summed E-state index contributed by atoms with van der Waals surface area (Å²) in [5.41, 5.74) is 3.73. The van der Waals surface area contributed by atoms with Crippen molar-refractivity contribution in [2.75, 3.05) is 58.0 Å². The highest BCUT2D eigenvalue weighted by atomic mass is 16.7. The summed E-state index contributed by atoms with van der Waals surface area (Å²) in [6, 6.07) is 14.8. The zero-order valence-electron chi connectivity index (χ0n) is 23.8. The molecule has 2 aliphatic rings. The van der Waals surface area contributed by atoms with Gasteiger partial charge in [0, 0.05) is 38.4 Å². The quantitative estimate of drug-likeness (QED) is 0.370. The summed E-state index contributed by atoms with van der Waals surface area (Å²) in [6.07, 6.45) is 2.34. The van der Waals surface area contributed by atoms with Crippen LogP contribution in [-0.2, 0) is 22.6 Å². The molecule has 5 rings (SSSR count). The van der Waals surface area contributed by atoms with E-state index in [1.165, 1.54) is 0 Å². The SMILES string of the molecule is Cc1cccc(NC(=O)N(CCCN2CCOCC2)CC(=O)N(Cc2ccc3c(c2)OCO3)Cc2ccco2)c1C. The lowest BCUT2D eigenvalue weighted by atomic mass is 10.1. The largest absolute Gasteiger partial charge is 0.467 e. The molecule has 3 aromatic rings. The van der Waals surface area contributed by atoms with Crippen LogP contribution in [0.2, 0.25) is 0 Å². The van der Waals surface area contributed by atoms with Gasteiger partial charge >= 0.3 is 6.03 Å². The zero-order chi connectivity index (χ0) is 28.6. The number of urea groups is 1. The van der Waals surface area contributed by atoms with Crippen LogP contribution in [0.5, 0.6) is 11.5 Å². The number of benzene rings is 2. The first-order valence-electron chi connectivity index (χ1n) is 14.1. The lowest BCUT2D eigenvalue weighted by Crippen LogP contribution is -2.45. The Morgan fingerprint density at radius 2 is 1.78 bits per heavy atom. The van der Waals surface area contributed by atoms with Crippen LogP contribution in [0.1, 0.15) is 28.9 Å². The van der Waals surface area contributed by atoms with E-state index in [0.717, 1.165) is 61.6 Å². The monoisotopic (exact) mass is 562 g/mol. The van der Waals surface area contributed by atoms with E-state index < -0.39 is 0 Å². The number of morpholine rings is 1. The molecule has 0 saturated carbocycles. The molecular formula is C31H38N4O6. The molecule has 41 heavy (non-hydrogen) atoms. The number of nitrogens with one attached hydrogen (secondary N) is 1. The molecule has 2 aromatic carbocycles. The molecule has 0 aliphatic carbocycles. The van der Waals surface area contributed by atoms with E-state index in [1.807, 2.05) is 56.3 Å². The van der Waals surface area contributed by atoms with Crippen LogP contribution in [0, 0.1) is 13.8 Å². The first-order chi connectivity index (χ1) is 20.0. The van der Waals surface area contributed by atoms with E-state index in [9.17, 15) is 9.59 Å². The van der Waals surface area contributed by atoms with Crippen LogP contribution in [0.25, 0.3) is 0 Å². The second kappa shape index (κ2) is 13.6. The molecule has 1 aromatic heterocycles. The summed E-state index contributed by atoms with van der Waals surface area (Å²) in [5, 5.41) is 3.04. The maximum absolute atomic E-state index is 13.8. The molecule has 2 aliphatic heterocycles. The van der Waals surface area contributed by atoms with E-state index in [4.69, 9.17) is 18.6 Å². The maximum atomic E-state index is 13.8. The number of carbonyl (C=O) groups is 2.